The van der Waals surface area contributed by atoms with Crippen molar-refractivity contribution in [3.8, 4) is 5.75 Å². The molecule has 15 heavy (non-hydrogen) atoms. The van der Waals surface area contributed by atoms with Crippen molar-refractivity contribution in [3.05, 3.63) is 27.2 Å². The first kappa shape index (κ1) is 12.1. The summed E-state index contributed by atoms with van der Waals surface area (Å²) in [5.74, 6) is 0.461. The highest BCUT2D eigenvalue weighted by Crippen LogP contribution is 2.35. The number of hydrogen-bond donors (Lipinski definition) is 2. The Labute approximate surface area is 98.6 Å². The van der Waals surface area contributed by atoms with E-state index in [9.17, 15) is 0 Å². The summed E-state index contributed by atoms with van der Waals surface area (Å²) in [5, 5.41) is 8.15. The average molecular weight is 247 g/mol. The molecule has 1 aromatic rings. The molecule has 0 amide bonds. The van der Waals surface area contributed by atoms with Crippen LogP contribution < -0.4 is 10.5 Å². The van der Waals surface area contributed by atoms with Gasteiger partial charge in [0, 0.05) is 5.02 Å². The zero-order valence-electron chi connectivity index (χ0n) is 8.53. The molecule has 0 heterocycles. The molecule has 5 heteroatoms. The number of halogens is 2. The maximum atomic E-state index is 7.05. The van der Waals surface area contributed by atoms with E-state index in [0.29, 0.717) is 15.8 Å². The second-order valence-corrected chi connectivity index (χ2v) is 4.01. The minimum Gasteiger partial charge on any atom is -0.484 e. The summed E-state index contributed by atoms with van der Waals surface area (Å²) >= 11 is 12.0. The normalized spacial score (nSPS) is 10.1. The molecule has 0 radical (unpaired) electrons. The Hall–Kier alpha value is -0.930. The van der Waals surface area contributed by atoms with Gasteiger partial charge in [-0.25, -0.2) is 0 Å². The van der Waals surface area contributed by atoms with Crippen molar-refractivity contribution in [2.24, 2.45) is 5.73 Å². The third-order valence-corrected chi connectivity index (χ3v) is 3.00. The van der Waals surface area contributed by atoms with E-state index in [2.05, 4.69) is 0 Å². The van der Waals surface area contributed by atoms with Gasteiger partial charge >= 0.3 is 0 Å². The summed E-state index contributed by atoms with van der Waals surface area (Å²) in [5.41, 5.74) is 6.85. The Balaban J connectivity index is 3.04. The number of nitrogens with two attached hydrogens (primary N) is 1. The van der Waals surface area contributed by atoms with Gasteiger partial charge in [0.05, 0.1) is 5.02 Å². The summed E-state index contributed by atoms with van der Waals surface area (Å²) < 4.78 is 5.27. The number of aryl methyl sites for hydroxylation is 1. The van der Waals surface area contributed by atoms with E-state index in [-0.39, 0.29) is 12.4 Å². The maximum absolute atomic E-state index is 7.05. The van der Waals surface area contributed by atoms with E-state index in [1.54, 1.807) is 6.07 Å². The van der Waals surface area contributed by atoms with Crippen molar-refractivity contribution in [2.75, 3.05) is 6.61 Å². The standard InChI is InChI=1S/C10H12Cl2N2O/c1-5-3-7(15-4-8(13)14)10(12)6(2)9(5)11/h3H,4H2,1-2H3,(H3,13,14). The first-order valence-electron chi connectivity index (χ1n) is 4.34. The average Bonchev–Trinajstić information content (AvgIpc) is 2.18. The van der Waals surface area contributed by atoms with Crippen LogP contribution in [0.5, 0.6) is 5.75 Å². The fourth-order valence-corrected chi connectivity index (χ4v) is 1.56. The lowest BCUT2D eigenvalue weighted by Gasteiger charge is -2.12. The van der Waals surface area contributed by atoms with Gasteiger partial charge < -0.3 is 10.5 Å². The van der Waals surface area contributed by atoms with Gasteiger partial charge in [-0.15, -0.1) is 0 Å². The smallest absolute Gasteiger partial charge is 0.145 e. The predicted octanol–water partition coefficient (Wildman–Crippen LogP) is 2.93. The van der Waals surface area contributed by atoms with E-state index >= 15 is 0 Å². The highest BCUT2D eigenvalue weighted by molar-refractivity contribution is 6.37. The van der Waals surface area contributed by atoms with E-state index < -0.39 is 0 Å². The van der Waals surface area contributed by atoms with Gasteiger partial charge in [0.1, 0.15) is 18.2 Å². The van der Waals surface area contributed by atoms with Crippen LogP contribution in [0, 0.1) is 19.3 Å². The molecule has 0 aliphatic carbocycles. The van der Waals surface area contributed by atoms with Crippen LogP contribution in [0.2, 0.25) is 10.0 Å². The molecule has 1 rings (SSSR count). The number of hydrogen-bond acceptors (Lipinski definition) is 2. The zero-order valence-corrected chi connectivity index (χ0v) is 10.0. The van der Waals surface area contributed by atoms with E-state index in [0.717, 1.165) is 11.1 Å². The Morgan fingerprint density at radius 2 is 2.00 bits per heavy atom. The molecule has 0 fully saturated rings. The molecule has 82 valence electrons. The fourth-order valence-electron chi connectivity index (χ4n) is 1.16. The molecule has 3 N–H and O–H groups in total. The summed E-state index contributed by atoms with van der Waals surface area (Å²) in [6.07, 6.45) is 0. The SMILES string of the molecule is Cc1cc(OCC(=N)N)c(Cl)c(C)c1Cl. The highest BCUT2D eigenvalue weighted by atomic mass is 35.5. The molecule has 3 nitrogen and oxygen atoms in total. The van der Waals surface area contributed by atoms with Crippen molar-refractivity contribution < 1.29 is 4.74 Å². The molecule has 0 saturated heterocycles. The fraction of sp³-hybridized carbons (Fsp3) is 0.300. The van der Waals surface area contributed by atoms with E-state index in [1.807, 2.05) is 13.8 Å². The third kappa shape index (κ3) is 2.76. The number of nitrogens with one attached hydrogen (secondary N) is 1. The van der Waals surface area contributed by atoms with Crippen LogP contribution in [0.25, 0.3) is 0 Å². The molecular weight excluding hydrogens is 235 g/mol. The first-order chi connectivity index (χ1) is 6.93. The molecule has 0 bridgehead atoms. The Kier molecular flexibility index (Phi) is 3.83. The van der Waals surface area contributed by atoms with Gasteiger partial charge in [-0.3, -0.25) is 5.41 Å². The topological polar surface area (TPSA) is 59.1 Å². The quantitative estimate of drug-likeness (QED) is 0.637. The molecule has 0 spiro atoms. The Morgan fingerprint density at radius 1 is 1.40 bits per heavy atom. The molecule has 0 aliphatic heterocycles. The number of rotatable bonds is 3. The van der Waals surface area contributed by atoms with E-state index in [1.165, 1.54) is 0 Å². The number of benzene rings is 1. The van der Waals surface area contributed by atoms with Gasteiger partial charge in [-0.05, 0) is 31.0 Å². The van der Waals surface area contributed by atoms with Crippen molar-refractivity contribution >= 4 is 29.0 Å². The number of amidine groups is 1. The predicted molar refractivity (Wildman–Crippen MR) is 63.3 cm³/mol. The molecule has 0 saturated carbocycles. The maximum Gasteiger partial charge on any atom is 0.145 e. The first-order valence-corrected chi connectivity index (χ1v) is 5.10. The van der Waals surface area contributed by atoms with Crippen LogP contribution in [-0.2, 0) is 0 Å². The second kappa shape index (κ2) is 4.73. The van der Waals surface area contributed by atoms with Crippen molar-refractivity contribution in [3.63, 3.8) is 0 Å². The third-order valence-electron chi connectivity index (χ3n) is 1.95. The molecular formula is C10H12Cl2N2O. The van der Waals surface area contributed by atoms with Crippen LogP contribution in [0.4, 0.5) is 0 Å². The van der Waals surface area contributed by atoms with Crippen molar-refractivity contribution in [2.45, 2.75) is 13.8 Å². The van der Waals surface area contributed by atoms with E-state index in [4.69, 9.17) is 39.1 Å². The van der Waals surface area contributed by atoms with Crippen molar-refractivity contribution in [1.82, 2.24) is 0 Å². The van der Waals surface area contributed by atoms with Gasteiger partial charge in [-0.1, -0.05) is 23.2 Å². The molecule has 0 aromatic heterocycles. The summed E-state index contributed by atoms with van der Waals surface area (Å²) in [7, 11) is 0. The van der Waals surface area contributed by atoms with Crippen LogP contribution in [0.3, 0.4) is 0 Å². The lowest BCUT2D eigenvalue weighted by molar-refractivity contribution is 0.374. The minimum atomic E-state index is -0.0451. The van der Waals surface area contributed by atoms with Gasteiger partial charge in [0.25, 0.3) is 0 Å². The van der Waals surface area contributed by atoms with Crippen LogP contribution in [0.1, 0.15) is 11.1 Å². The molecule has 0 aliphatic rings. The van der Waals surface area contributed by atoms with Crippen LogP contribution in [-0.4, -0.2) is 12.4 Å². The highest BCUT2D eigenvalue weighted by Gasteiger charge is 2.11. The lowest BCUT2D eigenvalue weighted by atomic mass is 10.1. The lowest BCUT2D eigenvalue weighted by Crippen LogP contribution is -2.19. The van der Waals surface area contributed by atoms with Crippen molar-refractivity contribution in [1.29, 1.82) is 5.41 Å². The summed E-state index contributed by atoms with van der Waals surface area (Å²) in [4.78, 5) is 0. The summed E-state index contributed by atoms with van der Waals surface area (Å²) in [6.45, 7) is 3.71. The molecule has 0 unspecified atom stereocenters. The second-order valence-electron chi connectivity index (χ2n) is 3.26. The van der Waals surface area contributed by atoms with Gasteiger partial charge in [0.2, 0.25) is 0 Å². The summed E-state index contributed by atoms with van der Waals surface area (Å²) in [6, 6.07) is 1.74. The largest absolute Gasteiger partial charge is 0.484 e. The zero-order chi connectivity index (χ0) is 11.6. The van der Waals surface area contributed by atoms with Crippen LogP contribution in [0.15, 0.2) is 6.07 Å². The molecule has 0 atom stereocenters. The Bertz CT molecular complexity index is 405. The van der Waals surface area contributed by atoms with Gasteiger partial charge in [0.15, 0.2) is 0 Å². The van der Waals surface area contributed by atoms with Crippen LogP contribution >= 0.6 is 23.2 Å². The monoisotopic (exact) mass is 246 g/mol. The number of ether oxygens (including phenoxy) is 1. The molecule has 1 aromatic carbocycles. The van der Waals surface area contributed by atoms with Gasteiger partial charge in [-0.2, -0.15) is 0 Å². The minimum absolute atomic E-state index is 0.0280. The Morgan fingerprint density at radius 3 is 2.53 bits per heavy atom.